The highest BCUT2D eigenvalue weighted by Gasteiger charge is 2.12. The van der Waals surface area contributed by atoms with Gasteiger partial charge in [-0.05, 0) is 51.6 Å². The highest BCUT2D eigenvalue weighted by molar-refractivity contribution is 5.67. The van der Waals surface area contributed by atoms with E-state index in [1.165, 1.54) is 22.5 Å². The average Bonchev–Trinajstić information content (AvgIpc) is 2.43. The summed E-state index contributed by atoms with van der Waals surface area (Å²) < 4.78 is 0. The molecule has 1 aromatic carbocycles. The van der Waals surface area contributed by atoms with Crippen molar-refractivity contribution < 1.29 is 0 Å². The number of benzene rings is 1. The summed E-state index contributed by atoms with van der Waals surface area (Å²) in [7, 11) is 1.96. The summed E-state index contributed by atoms with van der Waals surface area (Å²) in [5.74, 6) is 0. The van der Waals surface area contributed by atoms with Gasteiger partial charge in [-0.15, -0.1) is 0 Å². The van der Waals surface area contributed by atoms with Gasteiger partial charge in [0.1, 0.15) is 0 Å². The first-order valence-corrected chi connectivity index (χ1v) is 7.10. The van der Waals surface area contributed by atoms with E-state index in [2.05, 4.69) is 59.4 Å². The van der Waals surface area contributed by atoms with Crippen LogP contribution in [0.4, 0.5) is 11.4 Å². The minimum absolute atomic E-state index is 0.824. The largest absolute Gasteiger partial charge is 0.341 e. The van der Waals surface area contributed by atoms with Crippen molar-refractivity contribution in [1.82, 2.24) is 10.3 Å². The van der Waals surface area contributed by atoms with Crippen molar-refractivity contribution in [2.45, 2.75) is 27.3 Å². The Labute approximate surface area is 121 Å². The number of hydrogen-bond acceptors (Lipinski definition) is 3. The summed E-state index contributed by atoms with van der Waals surface area (Å²) in [6, 6.07) is 10.8. The van der Waals surface area contributed by atoms with Crippen LogP contribution in [0.5, 0.6) is 0 Å². The number of hydrogen-bond donors (Lipinski definition) is 1. The molecule has 0 fully saturated rings. The topological polar surface area (TPSA) is 28.2 Å². The van der Waals surface area contributed by atoms with Crippen LogP contribution in [0.3, 0.4) is 0 Å². The molecule has 3 heteroatoms. The Kier molecular flexibility index (Phi) is 4.74. The Balaban J connectivity index is 2.48. The molecular formula is C17H23N3. The Morgan fingerprint density at radius 3 is 2.65 bits per heavy atom. The fraction of sp³-hybridized carbons (Fsp3) is 0.353. The van der Waals surface area contributed by atoms with Crippen molar-refractivity contribution in [2.24, 2.45) is 0 Å². The molecule has 0 aliphatic heterocycles. The molecule has 2 aromatic rings. The van der Waals surface area contributed by atoms with Gasteiger partial charge in [-0.2, -0.15) is 0 Å². The van der Waals surface area contributed by atoms with Crippen molar-refractivity contribution in [3.05, 3.63) is 53.3 Å². The highest BCUT2D eigenvalue weighted by atomic mass is 15.1. The van der Waals surface area contributed by atoms with Gasteiger partial charge in [-0.3, -0.25) is 4.98 Å². The molecule has 2 rings (SSSR count). The van der Waals surface area contributed by atoms with E-state index in [0.29, 0.717) is 0 Å². The average molecular weight is 269 g/mol. The van der Waals surface area contributed by atoms with Gasteiger partial charge >= 0.3 is 0 Å². The summed E-state index contributed by atoms with van der Waals surface area (Å²) in [4.78, 5) is 6.76. The number of nitrogens with one attached hydrogen (secondary N) is 1. The lowest BCUT2D eigenvalue weighted by Crippen LogP contribution is -2.20. The van der Waals surface area contributed by atoms with Gasteiger partial charge in [0.05, 0.1) is 0 Å². The number of nitrogens with zero attached hydrogens (tertiary/aromatic N) is 2. The van der Waals surface area contributed by atoms with E-state index < -0.39 is 0 Å². The minimum atomic E-state index is 0.824. The molecule has 1 aromatic heterocycles. The maximum Gasteiger partial charge on any atom is 0.0489 e. The molecule has 3 nitrogen and oxygen atoms in total. The lowest BCUT2D eigenvalue weighted by Gasteiger charge is -2.26. The molecule has 1 heterocycles. The van der Waals surface area contributed by atoms with Gasteiger partial charge < -0.3 is 10.2 Å². The van der Waals surface area contributed by atoms with Crippen molar-refractivity contribution >= 4 is 11.4 Å². The lowest BCUT2D eigenvalue weighted by molar-refractivity contribution is 0.806. The first kappa shape index (κ1) is 14.5. The molecule has 106 valence electrons. The summed E-state index contributed by atoms with van der Waals surface area (Å²) in [6.45, 7) is 8.11. The van der Waals surface area contributed by atoms with Crippen molar-refractivity contribution in [3.8, 4) is 0 Å². The maximum absolute atomic E-state index is 4.42. The number of aromatic nitrogens is 1. The Bertz CT molecular complexity index is 578. The molecule has 0 amide bonds. The molecule has 0 saturated carbocycles. The van der Waals surface area contributed by atoms with Gasteiger partial charge in [0.2, 0.25) is 0 Å². The van der Waals surface area contributed by atoms with E-state index in [9.17, 15) is 0 Å². The zero-order valence-corrected chi connectivity index (χ0v) is 12.8. The predicted molar refractivity (Wildman–Crippen MR) is 85.6 cm³/mol. The molecule has 0 aliphatic rings. The molecule has 0 spiro atoms. The molecule has 0 aliphatic carbocycles. The summed E-state index contributed by atoms with van der Waals surface area (Å²) in [5.41, 5.74) is 6.02. The van der Waals surface area contributed by atoms with Gasteiger partial charge in [-0.25, -0.2) is 0 Å². The maximum atomic E-state index is 4.42. The molecule has 0 radical (unpaired) electrons. The number of rotatable bonds is 5. The van der Waals surface area contributed by atoms with Gasteiger partial charge in [0.15, 0.2) is 0 Å². The van der Waals surface area contributed by atoms with Crippen LogP contribution in [-0.2, 0) is 6.54 Å². The van der Waals surface area contributed by atoms with Crippen molar-refractivity contribution in [1.29, 1.82) is 0 Å². The summed E-state index contributed by atoms with van der Waals surface area (Å²) >= 11 is 0. The van der Waals surface area contributed by atoms with E-state index >= 15 is 0 Å². The second-order valence-corrected chi connectivity index (χ2v) is 5.07. The van der Waals surface area contributed by atoms with Gasteiger partial charge in [-0.1, -0.05) is 12.1 Å². The first-order chi connectivity index (χ1) is 9.65. The predicted octanol–water partition coefficient (Wildman–Crippen LogP) is 3.58. The van der Waals surface area contributed by atoms with Crippen LogP contribution in [0.25, 0.3) is 0 Å². The first-order valence-electron chi connectivity index (χ1n) is 7.10. The number of pyridine rings is 1. The molecule has 1 N–H and O–H groups in total. The van der Waals surface area contributed by atoms with E-state index in [1.807, 2.05) is 20.2 Å². The summed E-state index contributed by atoms with van der Waals surface area (Å²) in [5, 5.41) is 3.22. The monoisotopic (exact) mass is 269 g/mol. The molecule has 0 atom stereocenters. The normalized spacial score (nSPS) is 10.6. The zero-order chi connectivity index (χ0) is 14.5. The smallest absolute Gasteiger partial charge is 0.0489 e. The van der Waals surface area contributed by atoms with Crippen molar-refractivity contribution in [2.75, 3.05) is 18.5 Å². The Morgan fingerprint density at radius 1 is 1.20 bits per heavy atom. The van der Waals surface area contributed by atoms with Crippen LogP contribution in [0, 0.1) is 13.8 Å². The van der Waals surface area contributed by atoms with Crippen LogP contribution in [0.2, 0.25) is 0 Å². The standard InChI is InChI=1S/C17H23N3/c1-5-20(16-8-6-7-13(2)9-16)17-10-14(3)19-12-15(17)11-18-4/h6-10,12,18H,5,11H2,1-4H3. The van der Waals surface area contributed by atoms with E-state index in [1.54, 1.807) is 0 Å². The van der Waals surface area contributed by atoms with Crippen LogP contribution < -0.4 is 10.2 Å². The third-order valence-electron chi connectivity index (χ3n) is 3.39. The lowest BCUT2D eigenvalue weighted by atomic mass is 10.1. The SMILES string of the molecule is CCN(c1cccc(C)c1)c1cc(C)ncc1CNC. The second kappa shape index (κ2) is 6.53. The molecule has 0 saturated heterocycles. The number of anilines is 2. The van der Waals surface area contributed by atoms with E-state index in [4.69, 9.17) is 0 Å². The van der Waals surface area contributed by atoms with Gasteiger partial charge in [0, 0.05) is 41.9 Å². The third kappa shape index (κ3) is 3.17. The van der Waals surface area contributed by atoms with Crippen LogP contribution in [0.15, 0.2) is 36.5 Å². The molecular weight excluding hydrogens is 246 g/mol. The second-order valence-electron chi connectivity index (χ2n) is 5.07. The van der Waals surface area contributed by atoms with Gasteiger partial charge in [0.25, 0.3) is 0 Å². The van der Waals surface area contributed by atoms with Crippen LogP contribution in [-0.4, -0.2) is 18.6 Å². The Hall–Kier alpha value is -1.87. The third-order valence-corrected chi connectivity index (χ3v) is 3.39. The van der Waals surface area contributed by atoms with Crippen molar-refractivity contribution in [3.63, 3.8) is 0 Å². The number of aryl methyl sites for hydroxylation is 2. The van der Waals surface area contributed by atoms with E-state index in [0.717, 1.165) is 18.8 Å². The van der Waals surface area contributed by atoms with Crippen LogP contribution >= 0.6 is 0 Å². The Morgan fingerprint density at radius 2 is 2.00 bits per heavy atom. The quantitative estimate of drug-likeness (QED) is 0.899. The summed E-state index contributed by atoms with van der Waals surface area (Å²) in [6.07, 6.45) is 1.97. The fourth-order valence-corrected chi connectivity index (χ4v) is 2.44. The zero-order valence-electron chi connectivity index (χ0n) is 12.8. The molecule has 0 unspecified atom stereocenters. The highest BCUT2D eigenvalue weighted by Crippen LogP contribution is 2.29. The van der Waals surface area contributed by atoms with E-state index in [-0.39, 0.29) is 0 Å². The molecule has 20 heavy (non-hydrogen) atoms. The fourth-order valence-electron chi connectivity index (χ4n) is 2.44. The van der Waals surface area contributed by atoms with Crippen LogP contribution in [0.1, 0.15) is 23.7 Å². The molecule has 0 bridgehead atoms. The minimum Gasteiger partial charge on any atom is -0.341 e.